The second kappa shape index (κ2) is 6.20. The van der Waals surface area contributed by atoms with Crippen LogP contribution in [0.2, 0.25) is 0 Å². The van der Waals surface area contributed by atoms with E-state index in [-0.39, 0.29) is 5.91 Å². The smallest absolute Gasteiger partial charge is 0.224 e. The van der Waals surface area contributed by atoms with Gasteiger partial charge in [-0.2, -0.15) is 0 Å². The van der Waals surface area contributed by atoms with Crippen LogP contribution in [0.5, 0.6) is 0 Å². The minimum atomic E-state index is -0.000530. The number of amides is 1. The Morgan fingerprint density at radius 1 is 1.05 bits per heavy atom. The predicted octanol–water partition coefficient (Wildman–Crippen LogP) is 4.01. The van der Waals surface area contributed by atoms with Crippen molar-refractivity contribution in [1.29, 1.82) is 0 Å². The Bertz CT molecular complexity index is 599. The van der Waals surface area contributed by atoms with Gasteiger partial charge >= 0.3 is 0 Å². The summed E-state index contributed by atoms with van der Waals surface area (Å²) in [6.07, 6.45) is 0. The highest BCUT2D eigenvalue weighted by Crippen LogP contribution is 2.20. The van der Waals surface area contributed by atoms with Gasteiger partial charge in [0.2, 0.25) is 5.91 Å². The third-order valence-corrected chi connectivity index (χ3v) is 3.27. The van der Waals surface area contributed by atoms with Gasteiger partial charge in [0, 0.05) is 12.6 Å². The molecule has 0 saturated heterocycles. The molecule has 0 N–H and O–H groups in total. The van der Waals surface area contributed by atoms with Crippen LogP contribution in [-0.2, 0) is 11.3 Å². The summed E-state index contributed by atoms with van der Waals surface area (Å²) in [5.41, 5.74) is 4.02. The fraction of sp³-hybridized carbons (Fsp3) is 0.167. The number of carbonyl (C=O) groups is 1. The number of nitrogens with zero attached hydrogens (tertiary/aromatic N) is 1. The molecule has 2 rings (SSSR count). The lowest BCUT2D eigenvalue weighted by Gasteiger charge is -2.23. The first-order valence-corrected chi connectivity index (χ1v) is 6.66. The molecule has 2 heteroatoms. The summed E-state index contributed by atoms with van der Waals surface area (Å²) in [6.45, 7) is 8.23. The molecule has 0 aliphatic heterocycles. The van der Waals surface area contributed by atoms with E-state index < -0.39 is 0 Å². The zero-order chi connectivity index (χ0) is 14.5. The number of hydrogen-bond donors (Lipinski definition) is 0. The Morgan fingerprint density at radius 3 is 2.20 bits per heavy atom. The Hall–Kier alpha value is -2.35. The van der Waals surface area contributed by atoms with Crippen LogP contribution >= 0.6 is 0 Å². The van der Waals surface area contributed by atoms with Crippen molar-refractivity contribution in [3.8, 4) is 0 Å². The molecule has 1 amide bonds. The molecule has 2 aromatic rings. The van der Waals surface area contributed by atoms with Gasteiger partial charge in [-0.1, -0.05) is 66.7 Å². The lowest BCUT2D eigenvalue weighted by molar-refractivity contribution is -0.126. The fourth-order valence-corrected chi connectivity index (χ4v) is 2.06. The third kappa shape index (κ3) is 3.35. The maximum absolute atomic E-state index is 11.9. The van der Waals surface area contributed by atoms with Crippen molar-refractivity contribution in [3.05, 3.63) is 77.9 Å². The minimum Gasteiger partial charge on any atom is -0.308 e. The molecule has 0 radical (unpaired) electrons. The van der Waals surface area contributed by atoms with Crippen LogP contribution in [0.1, 0.15) is 23.6 Å². The molecule has 0 saturated carbocycles. The molecule has 2 aromatic carbocycles. The van der Waals surface area contributed by atoms with Crippen LogP contribution < -0.4 is 0 Å². The summed E-state index contributed by atoms with van der Waals surface area (Å²) < 4.78 is 0. The van der Waals surface area contributed by atoms with E-state index in [4.69, 9.17) is 0 Å². The SMILES string of the molecule is C=C(c1ccccc1)N(Cc1ccc(C)cc1)C(C)=O. The predicted molar refractivity (Wildman–Crippen MR) is 82.9 cm³/mol. The van der Waals surface area contributed by atoms with Crippen molar-refractivity contribution in [2.24, 2.45) is 0 Å². The van der Waals surface area contributed by atoms with E-state index in [1.807, 2.05) is 42.5 Å². The molecule has 2 nitrogen and oxygen atoms in total. The first kappa shape index (κ1) is 14.1. The summed E-state index contributed by atoms with van der Waals surface area (Å²) >= 11 is 0. The molecule has 20 heavy (non-hydrogen) atoms. The Balaban J connectivity index is 2.21. The first-order chi connectivity index (χ1) is 9.58. The van der Waals surface area contributed by atoms with Crippen molar-refractivity contribution >= 4 is 11.6 Å². The highest BCUT2D eigenvalue weighted by Gasteiger charge is 2.14. The second-order valence-corrected chi connectivity index (χ2v) is 4.90. The van der Waals surface area contributed by atoms with Gasteiger partial charge in [0.05, 0.1) is 6.54 Å². The maximum atomic E-state index is 11.9. The summed E-state index contributed by atoms with van der Waals surface area (Å²) in [4.78, 5) is 13.6. The quantitative estimate of drug-likeness (QED) is 0.817. The van der Waals surface area contributed by atoms with Crippen LogP contribution in [0.3, 0.4) is 0 Å². The molecular weight excluding hydrogens is 246 g/mol. The number of benzene rings is 2. The number of rotatable bonds is 4. The van der Waals surface area contributed by atoms with Gasteiger partial charge in [0.25, 0.3) is 0 Å². The number of hydrogen-bond acceptors (Lipinski definition) is 1. The largest absolute Gasteiger partial charge is 0.308 e. The summed E-state index contributed by atoms with van der Waals surface area (Å²) in [5.74, 6) is -0.000530. The molecule has 0 fully saturated rings. The van der Waals surface area contributed by atoms with Gasteiger partial charge in [-0.15, -0.1) is 0 Å². The van der Waals surface area contributed by atoms with Gasteiger partial charge in [-0.25, -0.2) is 0 Å². The van der Waals surface area contributed by atoms with Crippen molar-refractivity contribution in [2.75, 3.05) is 0 Å². The van der Waals surface area contributed by atoms with E-state index in [0.717, 1.165) is 16.8 Å². The topological polar surface area (TPSA) is 20.3 Å². The van der Waals surface area contributed by atoms with Crippen LogP contribution in [0.15, 0.2) is 61.2 Å². The van der Waals surface area contributed by atoms with Gasteiger partial charge in [0.1, 0.15) is 0 Å². The van der Waals surface area contributed by atoms with E-state index in [0.29, 0.717) is 6.54 Å². The zero-order valence-corrected chi connectivity index (χ0v) is 12.0. The average molecular weight is 265 g/mol. The standard InChI is InChI=1S/C18H19NO/c1-14-9-11-17(12-10-14)13-19(16(3)20)15(2)18-7-5-4-6-8-18/h4-12H,2,13H2,1,3H3. The van der Waals surface area contributed by atoms with Crippen molar-refractivity contribution in [1.82, 2.24) is 4.90 Å². The molecular formula is C18H19NO. The highest BCUT2D eigenvalue weighted by atomic mass is 16.2. The van der Waals surface area contributed by atoms with Gasteiger partial charge in [0.15, 0.2) is 0 Å². The Kier molecular flexibility index (Phi) is 4.36. The Morgan fingerprint density at radius 2 is 1.65 bits per heavy atom. The van der Waals surface area contributed by atoms with Crippen molar-refractivity contribution < 1.29 is 4.79 Å². The van der Waals surface area contributed by atoms with E-state index >= 15 is 0 Å². The molecule has 0 heterocycles. The molecule has 0 spiro atoms. The molecule has 0 atom stereocenters. The van der Waals surface area contributed by atoms with Gasteiger partial charge < -0.3 is 4.90 Å². The molecule has 0 bridgehead atoms. The molecule has 102 valence electrons. The molecule has 0 unspecified atom stereocenters. The molecule has 0 aliphatic rings. The number of carbonyl (C=O) groups excluding carboxylic acids is 1. The summed E-state index contributed by atoms with van der Waals surface area (Å²) in [6, 6.07) is 18.0. The molecule has 0 aromatic heterocycles. The molecule has 0 aliphatic carbocycles. The lowest BCUT2D eigenvalue weighted by Crippen LogP contribution is -2.26. The van der Waals surface area contributed by atoms with E-state index in [9.17, 15) is 4.79 Å². The third-order valence-electron chi connectivity index (χ3n) is 3.27. The maximum Gasteiger partial charge on any atom is 0.224 e. The van der Waals surface area contributed by atoms with Crippen LogP contribution in [0.25, 0.3) is 5.70 Å². The van der Waals surface area contributed by atoms with E-state index in [2.05, 4.69) is 25.6 Å². The normalized spacial score (nSPS) is 10.1. The monoisotopic (exact) mass is 265 g/mol. The minimum absolute atomic E-state index is 0.000530. The van der Waals surface area contributed by atoms with E-state index in [1.54, 1.807) is 11.8 Å². The zero-order valence-electron chi connectivity index (χ0n) is 12.0. The second-order valence-electron chi connectivity index (χ2n) is 4.90. The Labute approximate surface area is 120 Å². The lowest BCUT2D eigenvalue weighted by atomic mass is 10.1. The van der Waals surface area contributed by atoms with Crippen LogP contribution in [0, 0.1) is 6.92 Å². The first-order valence-electron chi connectivity index (χ1n) is 6.66. The van der Waals surface area contributed by atoms with Crippen LogP contribution in [0.4, 0.5) is 0 Å². The number of aryl methyl sites for hydroxylation is 1. The van der Waals surface area contributed by atoms with Gasteiger partial charge in [-0.3, -0.25) is 4.79 Å². The van der Waals surface area contributed by atoms with Crippen molar-refractivity contribution in [2.45, 2.75) is 20.4 Å². The van der Waals surface area contributed by atoms with E-state index in [1.165, 1.54) is 5.56 Å². The summed E-state index contributed by atoms with van der Waals surface area (Å²) in [5, 5.41) is 0. The average Bonchev–Trinajstić information content (AvgIpc) is 2.46. The van der Waals surface area contributed by atoms with Crippen LogP contribution in [-0.4, -0.2) is 10.8 Å². The fourth-order valence-electron chi connectivity index (χ4n) is 2.06. The summed E-state index contributed by atoms with van der Waals surface area (Å²) in [7, 11) is 0. The highest BCUT2D eigenvalue weighted by molar-refractivity contribution is 5.84. The van der Waals surface area contributed by atoms with Gasteiger partial charge in [-0.05, 0) is 18.1 Å². The van der Waals surface area contributed by atoms with Crippen molar-refractivity contribution in [3.63, 3.8) is 0 Å².